The number of anilines is 1. The molecule has 1 aromatic carbocycles. The standard InChI is InChI=1S/C9H8ClF2N3S/c1-4(9(11)12)13-7-5(10)2-3-6-8(7)15-16-14-6/h2-4,9,13H,1H3. The second-order valence-corrected chi connectivity index (χ2v) is 4.26. The molecule has 16 heavy (non-hydrogen) atoms. The quantitative estimate of drug-likeness (QED) is 0.922. The molecule has 0 saturated carbocycles. The highest BCUT2D eigenvalue weighted by atomic mass is 35.5. The van der Waals surface area contributed by atoms with Gasteiger partial charge in [0.2, 0.25) is 0 Å². The van der Waals surface area contributed by atoms with Gasteiger partial charge in [-0.25, -0.2) is 8.78 Å². The zero-order chi connectivity index (χ0) is 11.7. The van der Waals surface area contributed by atoms with Crippen molar-refractivity contribution in [2.24, 2.45) is 0 Å². The van der Waals surface area contributed by atoms with E-state index in [1.165, 1.54) is 6.92 Å². The van der Waals surface area contributed by atoms with Crippen molar-refractivity contribution in [2.45, 2.75) is 19.4 Å². The topological polar surface area (TPSA) is 37.8 Å². The Balaban J connectivity index is 2.42. The summed E-state index contributed by atoms with van der Waals surface area (Å²) in [6.07, 6.45) is -2.46. The summed E-state index contributed by atoms with van der Waals surface area (Å²) in [5, 5.41) is 3.03. The normalized spacial score (nSPS) is 13.3. The Bertz CT molecular complexity index is 502. The molecule has 2 rings (SSSR count). The second-order valence-electron chi connectivity index (χ2n) is 3.32. The number of benzene rings is 1. The van der Waals surface area contributed by atoms with Crippen molar-refractivity contribution in [3.8, 4) is 0 Å². The van der Waals surface area contributed by atoms with Gasteiger partial charge in [-0.15, -0.1) is 0 Å². The fourth-order valence-corrected chi connectivity index (χ4v) is 2.00. The van der Waals surface area contributed by atoms with E-state index < -0.39 is 12.5 Å². The van der Waals surface area contributed by atoms with Crippen molar-refractivity contribution >= 4 is 40.0 Å². The van der Waals surface area contributed by atoms with E-state index in [-0.39, 0.29) is 0 Å². The van der Waals surface area contributed by atoms with Crippen molar-refractivity contribution in [1.29, 1.82) is 0 Å². The van der Waals surface area contributed by atoms with E-state index in [0.29, 0.717) is 21.7 Å². The van der Waals surface area contributed by atoms with Crippen molar-refractivity contribution in [1.82, 2.24) is 8.75 Å². The molecule has 7 heteroatoms. The Morgan fingerprint density at radius 2 is 2.12 bits per heavy atom. The van der Waals surface area contributed by atoms with Crippen molar-refractivity contribution in [2.75, 3.05) is 5.32 Å². The molecular weight excluding hydrogens is 256 g/mol. The molecule has 86 valence electrons. The predicted molar refractivity (Wildman–Crippen MR) is 61.5 cm³/mol. The molecule has 1 heterocycles. The molecule has 1 atom stereocenters. The summed E-state index contributed by atoms with van der Waals surface area (Å²) >= 11 is 6.96. The Morgan fingerprint density at radius 1 is 1.38 bits per heavy atom. The zero-order valence-electron chi connectivity index (χ0n) is 8.25. The van der Waals surface area contributed by atoms with E-state index in [4.69, 9.17) is 11.6 Å². The number of aromatic nitrogens is 2. The number of fused-ring (bicyclic) bond motifs is 1. The van der Waals surface area contributed by atoms with Gasteiger partial charge in [0.1, 0.15) is 11.0 Å². The molecular formula is C9H8ClF2N3S. The molecule has 0 aliphatic heterocycles. The van der Waals surface area contributed by atoms with Gasteiger partial charge in [0.15, 0.2) is 0 Å². The summed E-state index contributed by atoms with van der Waals surface area (Å²) in [4.78, 5) is 0. The number of rotatable bonds is 3. The molecule has 0 spiro atoms. The molecule has 0 fully saturated rings. The van der Waals surface area contributed by atoms with E-state index in [0.717, 1.165) is 11.7 Å². The van der Waals surface area contributed by atoms with E-state index in [9.17, 15) is 8.78 Å². The van der Waals surface area contributed by atoms with Crippen LogP contribution in [-0.2, 0) is 0 Å². The lowest BCUT2D eigenvalue weighted by Crippen LogP contribution is -2.24. The summed E-state index contributed by atoms with van der Waals surface area (Å²) in [5.74, 6) is 0. The Morgan fingerprint density at radius 3 is 2.81 bits per heavy atom. The summed E-state index contributed by atoms with van der Waals surface area (Å²) in [6, 6.07) is 2.34. The molecule has 0 radical (unpaired) electrons. The lowest BCUT2D eigenvalue weighted by molar-refractivity contribution is 0.131. The third kappa shape index (κ3) is 2.08. The second kappa shape index (κ2) is 4.47. The van der Waals surface area contributed by atoms with E-state index in [2.05, 4.69) is 14.1 Å². The Hall–Kier alpha value is -1.01. The first-order valence-electron chi connectivity index (χ1n) is 4.55. The average Bonchev–Trinajstić information content (AvgIpc) is 2.70. The van der Waals surface area contributed by atoms with Gasteiger partial charge < -0.3 is 5.32 Å². The largest absolute Gasteiger partial charge is 0.374 e. The zero-order valence-corrected chi connectivity index (χ0v) is 9.82. The van der Waals surface area contributed by atoms with Gasteiger partial charge in [-0.05, 0) is 19.1 Å². The summed E-state index contributed by atoms with van der Waals surface area (Å²) in [6.45, 7) is 1.39. The Labute approximate surface area is 99.8 Å². The van der Waals surface area contributed by atoms with Crippen LogP contribution < -0.4 is 5.32 Å². The number of nitrogens with one attached hydrogen (secondary N) is 1. The molecule has 3 nitrogen and oxygen atoms in total. The van der Waals surface area contributed by atoms with Gasteiger partial charge in [-0.1, -0.05) is 11.6 Å². The number of nitrogens with zero attached hydrogens (tertiary/aromatic N) is 2. The van der Waals surface area contributed by atoms with E-state index in [1.54, 1.807) is 12.1 Å². The van der Waals surface area contributed by atoms with Gasteiger partial charge in [0.25, 0.3) is 6.43 Å². The third-order valence-corrected chi connectivity index (χ3v) is 2.98. The van der Waals surface area contributed by atoms with Crippen molar-refractivity contribution in [3.63, 3.8) is 0 Å². The van der Waals surface area contributed by atoms with Crippen LogP contribution in [0.5, 0.6) is 0 Å². The minimum absolute atomic E-state index is 0.368. The maximum Gasteiger partial charge on any atom is 0.258 e. The average molecular weight is 264 g/mol. The highest BCUT2D eigenvalue weighted by Crippen LogP contribution is 2.30. The first-order valence-corrected chi connectivity index (χ1v) is 5.66. The fraction of sp³-hybridized carbons (Fsp3) is 0.333. The van der Waals surface area contributed by atoms with Crippen LogP contribution in [0.2, 0.25) is 5.02 Å². The van der Waals surface area contributed by atoms with Crippen LogP contribution in [0.4, 0.5) is 14.5 Å². The van der Waals surface area contributed by atoms with Crippen LogP contribution in [0.15, 0.2) is 12.1 Å². The monoisotopic (exact) mass is 263 g/mol. The van der Waals surface area contributed by atoms with Crippen LogP contribution >= 0.6 is 23.3 Å². The number of alkyl halides is 2. The van der Waals surface area contributed by atoms with Crippen molar-refractivity contribution in [3.05, 3.63) is 17.2 Å². The van der Waals surface area contributed by atoms with Gasteiger partial charge in [0.05, 0.1) is 28.5 Å². The number of hydrogen-bond acceptors (Lipinski definition) is 4. The maximum absolute atomic E-state index is 12.4. The Kier molecular flexibility index (Phi) is 3.20. The molecule has 2 aromatic rings. The van der Waals surface area contributed by atoms with Crippen LogP contribution in [0.25, 0.3) is 11.0 Å². The van der Waals surface area contributed by atoms with Crippen LogP contribution in [0, 0.1) is 0 Å². The SMILES string of the molecule is CC(Nc1c(Cl)ccc2nsnc12)C(F)F. The molecule has 0 aliphatic rings. The number of halogens is 3. The maximum atomic E-state index is 12.4. The highest BCUT2D eigenvalue weighted by Gasteiger charge is 2.18. The molecule has 0 amide bonds. The smallest absolute Gasteiger partial charge is 0.258 e. The van der Waals surface area contributed by atoms with Gasteiger partial charge in [-0.3, -0.25) is 0 Å². The third-order valence-electron chi connectivity index (χ3n) is 2.13. The first kappa shape index (κ1) is 11.5. The minimum Gasteiger partial charge on any atom is -0.374 e. The van der Waals surface area contributed by atoms with Gasteiger partial charge >= 0.3 is 0 Å². The van der Waals surface area contributed by atoms with Gasteiger partial charge in [-0.2, -0.15) is 8.75 Å². The molecule has 0 aliphatic carbocycles. The van der Waals surface area contributed by atoms with E-state index >= 15 is 0 Å². The minimum atomic E-state index is -2.46. The molecule has 0 bridgehead atoms. The lowest BCUT2D eigenvalue weighted by atomic mass is 10.2. The predicted octanol–water partition coefficient (Wildman–Crippen LogP) is 3.41. The van der Waals surface area contributed by atoms with E-state index in [1.807, 2.05) is 0 Å². The highest BCUT2D eigenvalue weighted by molar-refractivity contribution is 7.00. The molecule has 1 aromatic heterocycles. The summed E-state index contributed by atoms with van der Waals surface area (Å²) < 4.78 is 32.9. The lowest BCUT2D eigenvalue weighted by Gasteiger charge is -2.15. The first-order chi connectivity index (χ1) is 7.59. The van der Waals surface area contributed by atoms with Crippen LogP contribution in [-0.4, -0.2) is 21.2 Å². The number of hydrogen-bond donors (Lipinski definition) is 1. The summed E-state index contributed by atoms with van der Waals surface area (Å²) in [5.41, 5.74) is 1.60. The summed E-state index contributed by atoms with van der Waals surface area (Å²) in [7, 11) is 0. The van der Waals surface area contributed by atoms with Gasteiger partial charge in [0, 0.05) is 0 Å². The molecule has 1 N–H and O–H groups in total. The van der Waals surface area contributed by atoms with Crippen LogP contribution in [0.1, 0.15) is 6.92 Å². The molecule has 0 saturated heterocycles. The van der Waals surface area contributed by atoms with Crippen LogP contribution in [0.3, 0.4) is 0 Å². The van der Waals surface area contributed by atoms with Crippen molar-refractivity contribution < 1.29 is 8.78 Å². The fourth-order valence-electron chi connectivity index (χ4n) is 1.25. The molecule has 1 unspecified atom stereocenters.